The van der Waals surface area contributed by atoms with Crippen LogP contribution in [0.2, 0.25) is 0 Å². The van der Waals surface area contributed by atoms with Gasteiger partial charge in [0.25, 0.3) is 0 Å². The van der Waals surface area contributed by atoms with Crippen LogP contribution in [0.15, 0.2) is 12.4 Å². The van der Waals surface area contributed by atoms with Crippen LogP contribution in [0.4, 0.5) is 11.6 Å². The number of β-amino-alcohol motifs (C(OH)–C–C–N with tert-alkyl or cyclic N) is 1. The second kappa shape index (κ2) is 3.88. The van der Waals surface area contributed by atoms with Gasteiger partial charge in [0.15, 0.2) is 0 Å². The first-order chi connectivity index (χ1) is 7.49. The Kier molecular flexibility index (Phi) is 2.69. The molecule has 0 spiro atoms. The van der Waals surface area contributed by atoms with Crippen LogP contribution in [0.25, 0.3) is 0 Å². The first kappa shape index (κ1) is 11.1. The van der Waals surface area contributed by atoms with E-state index in [0.717, 1.165) is 6.54 Å². The summed E-state index contributed by atoms with van der Waals surface area (Å²) in [6.45, 7) is 3.08. The second-order valence-corrected chi connectivity index (χ2v) is 4.52. The summed E-state index contributed by atoms with van der Waals surface area (Å²) in [7, 11) is 0. The van der Waals surface area contributed by atoms with Crippen molar-refractivity contribution in [1.29, 1.82) is 0 Å². The third-order valence-corrected chi connectivity index (χ3v) is 3.04. The van der Waals surface area contributed by atoms with Gasteiger partial charge in [-0.3, -0.25) is 4.98 Å². The average Bonchev–Trinajstić information content (AvgIpc) is 2.22. The number of nitrogens with two attached hydrogens (primary N) is 2. The van der Waals surface area contributed by atoms with Crippen LogP contribution in [-0.2, 0) is 0 Å². The molecule has 0 saturated carbocycles. The van der Waals surface area contributed by atoms with Crippen molar-refractivity contribution in [2.24, 2.45) is 5.73 Å². The van der Waals surface area contributed by atoms with Gasteiger partial charge in [-0.05, 0) is 13.3 Å². The highest BCUT2D eigenvalue weighted by Gasteiger charge is 2.35. The molecule has 1 aromatic heterocycles. The Bertz CT molecular complexity index is 381. The zero-order valence-corrected chi connectivity index (χ0v) is 9.30. The molecule has 2 heterocycles. The minimum atomic E-state index is -0.565. The molecule has 1 fully saturated rings. The monoisotopic (exact) mass is 223 g/mol. The Morgan fingerprint density at radius 1 is 1.56 bits per heavy atom. The Hall–Kier alpha value is -1.40. The summed E-state index contributed by atoms with van der Waals surface area (Å²) in [5, 5.41) is 9.89. The van der Waals surface area contributed by atoms with E-state index in [-0.39, 0.29) is 0 Å². The fraction of sp³-hybridized carbons (Fsp3) is 0.600. The van der Waals surface area contributed by atoms with Crippen molar-refractivity contribution in [2.75, 3.05) is 23.7 Å². The SMILES string of the molecule is CC1(N)CCN(c2cncc(N)n2)CC1O. The van der Waals surface area contributed by atoms with Crippen molar-refractivity contribution in [3.63, 3.8) is 0 Å². The number of aliphatic hydroxyl groups is 1. The molecular weight excluding hydrogens is 206 g/mol. The molecule has 2 atom stereocenters. The second-order valence-electron chi connectivity index (χ2n) is 4.52. The molecule has 1 aliphatic heterocycles. The highest BCUT2D eigenvalue weighted by Crippen LogP contribution is 2.23. The van der Waals surface area contributed by atoms with Gasteiger partial charge in [0.1, 0.15) is 11.6 Å². The van der Waals surface area contributed by atoms with Crippen LogP contribution in [0.5, 0.6) is 0 Å². The van der Waals surface area contributed by atoms with Crippen LogP contribution >= 0.6 is 0 Å². The van der Waals surface area contributed by atoms with Crippen molar-refractivity contribution in [3.05, 3.63) is 12.4 Å². The highest BCUT2D eigenvalue weighted by atomic mass is 16.3. The third kappa shape index (κ3) is 2.07. The molecule has 5 N–H and O–H groups in total. The molecule has 1 aliphatic rings. The van der Waals surface area contributed by atoms with Gasteiger partial charge in [-0.15, -0.1) is 0 Å². The predicted molar refractivity (Wildman–Crippen MR) is 61.9 cm³/mol. The number of nitrogen functional groups attached to an aromatic ring is 1. The van der Waals surface area contributed by atoms with E-state index in [1.807, 2.05) is 11.8 Å². The van der Waals surface area contributed by atoms with Gasteiger partial charge in [-0.1, -0.05) is 0 Å². The summed E-state index contributed by atoms with van der Waals surface area (Å²) in [5.41, 5.74) is 11.0. The molecule has 1 aromatic rings. The van der Waals surface area contributed by atoms with E-state index in [9.17, 15) is 5.11 Å². The molecule has 88 valence electrons. The molecule has 0 aliphatic carbocycles. The van der Waals surface area contributed by atoms with Crippen LogP contribution in [0, 0.1) is 0 Å². The Labute approximate surface area is 94.3 Å². The standard InChI is InChI=1S/C10H17N5O/c1-10(12)2-3-15(6-7(10)16)9-5-13-4-8(11)14-9/h4-5,7,16H,2-3,6,12H2,1H3,(H2,11,14). The predicted octanol–water partition coefficient (Wildman–Crippen LogP) is -0.653. The van der Waals surface area contributed by atoms with Gasteiger partial charge < -0.3 is 21.5 Å². The van der Waals surface area contributed by atoms with Gasteiger partial charge in [0.2, 0.25) is 0 Å². The van der Waals surface area contributed by atoms with Gasteiger partial charge >= 0.3 is 0 Å². The number of anilines is 2. The molecule has 16 heavy (non-hydrogen) atoms. The van der Waals surface area contributed by atoms with Crippen LogP contribution in [0.3, 0.4) is 0 Å². The topological polar surface area (TPSA) is 101 Å². The number of nitrogens with zero attached hydrogens (tertiary/aromatic N) is 3. The summed E-state index contributed by atoms with van der Waals surface area (Å²) in [6, 6.07) is 0. The van der Waals surface area contributed by atoms with Crippen molar-refractivity contribution in [1.82, 2.24) is 9.97 Å². The van der Waals surface area contributed by atoms with E-state index in [0.29, 0.717) is 24.6 Å². The summed E-state index contributed by atoms with van der Waals surface area (Å²) in [4.78, 5) is 10.1. The lowest BCUT2D eigenvalue weighted by Crippen LogP contribution is -2.59. The highest BCUT2D eigenvalue weighted by molar-refractivity contribution is 5.42. The first-order valence-electron chi connectivity index (χ1n) is 5.28. The van der Waals surface area contributed by atoms with Crippen molar-refractivity contribution < 1.29 is 5.11 Å². The van der Waals surface area contributed by atoms with Crippen LogP contribution < -0.4 is 16.4 Å². The molecule has 0 bridgehead atoms. The zero-order valence-electron chi connectivity index (χ0n) is 9.30. The van der Waals surface area contributed by atoms with E-state index >= 15 is 0 Å². The molecule has 0 radical (unpaired) electrons. The number of hydrogen-bond donors (Lipinski definition) is 3. The molecular formula is C10H17N5O. The van der Waals surface area contributed by atoms with E-state index < -0.39 is 11.6 Å². The summed E-state index contributed by atoms with van der Waals surface area (Å²) in [6.07, 6.45) is 3.29. The van der Waals surface area contributed by atoms with Gasteiger partial charge in [-0.2, -0.15) is 0 Å². The van der Waals surface area contributed by atoms with Crippen molar-refractivity contribution in [2.45, 2.75) is 25.0 Å². The van der Waals surface area contributed by atoms with Crippen LogP contribution in [0.1, 0.15) is 13.3 Å². The zero-order chi connectivity index (χ0) is 11.8. The lowest BCUT2D eigenvalue weighted by molar-refractivity contribution is 0.0792. The number of rotatable bonds is 1. The van der Waals surface area contributed by atoms with Crippen molar-refractivity contribution >= 4 is 11.6 Å². The summed E-state index contributed by atoms with van der Waals surface area (Å²) in [5.74, 6) is 1.07. The molecule has 0 amide bonds. The van der Waals surface area contributed by atoms with E-state index in [1.165, 1.54) is 6.20 Å². The largest absolute Gasteiger partial charge is 0.389 e. The van der Waals surface area contributed by atoms with Crippen molar-refractivity contribution in [3.8, 4) is 0 Å². The maximum Gasteiger partial charge on any atom is 0.149 e. The first-order valence-corrected chi connectivity index (χ1v) is 5.28. The Morgan fingerprint density at radius 3 is 2.94 bits per heavy atom. The Morgan fingerprint density at radius 2 is 2.31 bits per heavy atom. The third-order valence-electron chi connectivity index (χ3n) is 3.04. The number of aliphatic hydroxyl groups excluding tert-OH is 1. The van der Waals surface area contributed by atoms with E-state index in [4.69, 9.17) is 11.5 Å². The average molecular weight is 223 g/mol. The molecule has 2 rings (SSSR count). The van der Waals surface area contributed by atoms with Gasteiger partial charge in [-0.25, -0.2) is 4.98 Å². The Balaban J connectivity index is 2.14. The summed E-state index contributed by atoms with van der Waals surface area (Å²) < 4.78 is 0. The molecule has 6 heteroatoms. The maximum atomic E-state index is 9.89. The maximum absolute atomic E-state index is 9.89. The quantitative estimate of drug-likeness (QED) is 0.584. The summed E-state index contributed by atoms with van der Waals surface area (Å²) >= 11 is 0. The molecule has 2 unspecified atom stereocenters. The number of hydrogen-bond acceptors (Lipinski definition) is 6. The lowest BCUT2D eigenvalue weighted by atomic mass is 9.88. The smallest absolute Gasteiger partial charge is 0.149 e. The molecule has 1 saturated heterocycles. The number of piperidine rings is 1. The van der Waals surface area contributed by atoms with Crippen LogP contribution in [-0.4, -0.2) is 39.8 Å². The number of aromatic nitrogens is 2. The minimum absolute atomic E-state index is 0.382. The molecule has 6 nitrogen and oxygen atoms in total. The molecule has 0 aromatic carbocycles. The van der Waals surface area contributed by atoms with E-state index in [2.05, 4.69) is 9.97 Å². The normalized spacial score (nSPS) is 30.4. The fourth-order valence-corrected chi connectivity index (χ4v) is 1.78. The van der Waals surface area contributed by atoms with Gasteiger partial charge in [0.05, 0.1) is 18.5 Å². The minimum Gasteiger partial charge on any atom is -0.389 e. The van der Waals surface area contributed by atoms with Gasteiger partial charge in [0, 0.05) is 18.6 Å². The lowest BCUT2D eigenvalue weighted by Gasteiger charge is -2.41. The fourth-order valence-electron chi connectivity index (χ4n) is 1.78. The van der Waals surface area contributed by atoms with E-state index in [1.54, 1.807) is 6.20 Å².